The molecule has 3 rings (SSSR count). The Morgan fingerprint density at radius 2 is 1.89 bits per heavy atom. The highest BCUT2D eigenvalue weighted by Gasteiger charge is 2.09. The monoisotopic (exact) mass is 377 g/mol. The molecule has 0 aliphatic heterocycles. The zero-order chi connectivity index (χ0) is 19.8. The number of nitrogens with one attached hydrogen (secondary N) is 1. The quantitative estimate of drug-likeness (QED) is 0.549. The summed E-state index contributed by atoms with van der Waals surface area (Å²) in [7, 11) is 0. The van der Waals surface area contributed by atoms with E-state index in [9.17, 15) is 4.79 Å². The number of hydrogen-bond donors (Lipinski definition) is 2. The lowest BCUT2D eigenvalue weighted by Gasteiger charge is -2.10. The van der Waals surface area contributed by atoms with Crippen LogP contribution in [0.2, 0.25) is 0 Å². The van der Waals surface area contributed by atoms with Crippen LogP contribution in [0.3, 0.4) is 0 Å². The van der Waals surface area contributed by atoms with Gasteiger partial charge in [0.05, 0.1) is 5.69 Å². The van der Waals surface area contributed by atoms with Crippen molar-refractivity contribution in [2.45, 2.75) is 19.8 Å². The van der Waals surface area contributed by atoms with Crippen LogP contribution in [0.1, 0.15) is 17.5 Å². The Morgan fingerprint density at radius 3 is 2.64 bits per heavy atom. The zero-order valence-electron chi connectivity index (χ0n) is 15.8. The van der Waals surface area contributed by atoms with Crippen LogP contribution in [0.25, 0.3) is 11.3 Å². The molecule has 1 aromatic heterocycles. The van der Waals surface area contributed by atoms with E-state index >= 15 is 0 Å². The molecule has 28 heavy (non-hydrogen) atoms. The van der Waals surface area contributed by atoms with Crippen LogP contribution in [0.4, 0.5) is 5.95 Å². The number of nitrogens with zero attached hydrogens (tertiary/aromatic N) is 2. The van der Waals surface area contributed by atoms with Gasteiger partial charge < -0.3 is 15.2 Å². The molecule has 144 valence electrons. The lowest BCUT2D eigenvalue weighted by Crippen LogP contribution is -2.12. The minimum absolute atomic E-state index is 0.236. The highest BCUT2D eigenvalue weighted by molar-refractivity contribution is 5.68. The van der Waals surface area contributed by atoms with Crippen molar-refractivity contribution in [1.82, 2.24) is 9.97 Å². The van der Waals surface area contributed by atoms with Gasteiger partial charge in [-0.25, -0.2) is 9.78 Å². The topological polar surface area (TPSA) is 84.3 Å². The van der Waals surface area contributed by atoms with E-state index in [1.54, 1.807) is 6.07 Å². The molecule has 0 fully saturated rings. The number of hydrogen-bond acceptors (Lipinski definition) is 5. The zero-order valence-corrected chi connectivity index (χ0v) is 15.8. The first kappa shape index (κ1) is 19.4. The van der Waals surface area contributed by atoms with Crippen LogP contribution in [0.15, 0.2) is 60.7 Å². The maximum absolute atomic E-state index is 10.8. The third-order valence-corrected chi connectivity index (χ3v) is 4.13. The van der Waals surface area contributed by atoms with E-state index < -0.39 is 12.6 Å². The highest BCUT2D eigenvalue weighted by Crippen LogP contribution is 2.23. The van der Waals surface area contributed by atoms with E-state index in [4.69, 9.17) is 9.84 Å². The van der Waals surface area contributed by atoms with Gasteiger partial charge in [0.15, 0.2) is 6.61 Å². The maximum atomic E-state index is 10.8. The number of aryl methyl sites for hydroxylation is 2. The van der Waals surface area contributed by atoms with E-state index in [0.29, 0.717) is 18.2 Å². The van der Waals surface area contributed by atoms with Crippen molar-refractivity contribution < 1.29 is 14.6 Å². The fraction of sp³-hybridized carbons (Fsp3) is 0.227. The van der Waals surface area contributed by atoms with E-state index in [1.165, 1.54) is 5.56 Å². The number of aromatic nitrogens is 2. The predicted molar refractivity (Wildman–Crippen MR) is 109 cm³/mol. The number of carbonyl (C=O) groups is 1. The van der Waals surface area contributed by atoms with Gasteiger partial charge >= 0.3 is 5.97 Å². The molecular weight excluding hydrogens is 354 g/mol. The van der Waals surface area contributed by atoms with Gasteiger partial charge in [-0.05, 0) is 31.4 Å². The Bertz CT molecular complexity index is 929. The van der Waals surface area contributed by atoms with Crippen LogP contribution < -0.4 is 10.1 Å². The van der Waals surface area contributed by atoms with Gasteiger partial charge in [-0.15, -0.1) is 0 Å². The number of rotatable bonds is 9. The molecule has 0 atom stereocenters. The summed E-state index contributed by atoms with van der Waals surface area (Å²) in [4.78, 5) is 19.7. The van der Waals surface area contributed by atoms with Gasteiger partial charge in [-0.1, -0.05) is 54.1 Å². The van der Waals surface area contributed by atoms with Crippen molar-refractivity contribution in [3.05, 3.63) is 71.8 Å². The molecule has 1 heterocycles. The third-order valence-electron chi connectivity index (χ3n) is 4.13. The molecular formula is C22H23N3O3. The maximum Gasteiger partial charge on any atom is 0.341 e. The minimum Gasteiger partial charge on any atom is -0.479 e. The Morgan fingerprint density at radius 1 is 1.07 bits per heavy atom. The third kappa shape index (κ3) is 5.81. The molecule has 0 aliphatic rings. The second kappa shape index (κ2) is 9.50. The van der Waals surface area contributed by atoms with Crippen molar-refractivity contribution in [3.8, 4) is 17.1 Å². The summed E-state index contributed by atoms with van der Waals surface area (Å²) in [5, 5.41) is 12.1. The van der Waals surface area contributed by atoms with Crippen molar-refractivity contribution in [2.75, 3.05) is 18.5 Å². The first-order valence-electron chi connectivity index (χ1n) is 9.19. The van der Waals surface area contributed by atoms with Crippen LogP contribution in [-0.2, 0) is 11.2 Å². The number of carboxylic acid groups (broad SMARTS) is 1. The van der Waals surface area contributed by atoms with Crippen LogP contribution in [0, 0.1) is 6.92 Å². The average molecular weight is 377 g/mol. The molecule has 6 heteroatoms. The van der Waals surface area contributed by atoms with Crippen molar-refractivity contribution in [1.29, 1.82) is 0 Å². The number of anilines is 1. The highest BCUT2D eigenvalue weighted by atomic mass is 16.5. The Kier molecular flexibility index (Phi) is 6.57. The fourth-order valence-corrected chi connectivity index (χ4v) is 2.80. The lowest BCUT2D eigenvalue weighted by molar-refractivity contribution is -0.139. The largest absolute Gasteiger partial charge is 0.479 e. The van der Waals surface area contributed by atoms with Crippen molar-refractivity contribution in [2.24, 2.45) is 0 Å². The van der Waals surface area contributed by atoms with Crippen LogP contribution >= 0.6 is 0 Å². The fourth-order valence-electron chi connectivity index (χ4n) is 2.80. The number of aliphatic carboxylic acids is 1. The summed E-state index contributed by atoms with van der Waals surface area (Å²) < 4.78 is 5.29. The van der Waals surface area contributed by atoms with E-state index in [-0.39, 0.29) is 5.88 Å². The standard InChI is InChI=1S/C22H23N3O3/c1-16-7-5-11-18(13-16)19-14-20(28-15-21(26)27)25-22(24-19)23-12-6-10-17-8-3-2-4-9-17/h2-5,7-9,11,13-14H,6,10,12,15H2,1H3,(H,26,27)(H,23,24,25). The lowest BCUT2D eigenvalue weighted by atomic mass is 10.1. The normalized spacial score (nSPS) is 10.5. The SMILES string of the molecule is Cc1cccc(-c2cc(OCC(=O)O)nc(NCCCc3ccccc3)n2)c1. The average Bonchev–Trinajstić information content (AvgIpc) is 2.70. The molecule has 0 spiro atoms. The number of carboxylic acids is 1. The minimum atomic E-state index is -1.05. The summed E-state index contributed by atoms with van der Waals surface area (Å²) >= 11 is 0. The summed E-state index contributed by atoms with van der Waals surface area (Å²) in [5.41, 5.74) is 4.00. The first-order chi connectivity index (χ1) is 13.6. The summed E-state index contributed by atoms with van der Waals surface area (Å²) in [6.07, 6.45) is 1.88. The van der Waals surface area contributed by atoms with E-state index in [1.807, 2.05) is 49.4 Å². The Balaban J connectivity index is 1.72. The Labute approximate surface area is 164 Å². The van der Waals surface area contributed by atoms with Gasteiger partial charge in [0, 0.05) is 18.2 Å². The molecule has 0 unspecified atom stereocenters. The van der Waals surface area contributed by atoms with Gasteiger partial charge in [-0.3, -0.25) is 0 Å². The molecule has 6 nitrogen and oxygen atoms in total. The predicted octanol–water partition coefficient (Wildman–Crippen LogP) is 3.96. The molecule has 0 saturated carbocycles. The molecule has 2 aromatic carbocycles. The van der Waals surface area contributed by atoms with Gasteiger partial charge in [0.25, 0.3) is 0 Å². The molecule has 0 amide bonds. The van der Waals surface area contributed by atoms with Crippen LogP contribution in [0.5, 0.6) is 5.88 Å². The molecule has 0 aliphatic carbocycles. The van der Waals surface area contributed by atoms with E-state index in [2.05, 4.69) is 27.4 Å². The smallest absolute Gasteiger partial charge is 0.341 e. The summed E-state index contributed by atoms with van der Waals surface area (Å²) in [5.74, 6) is -0.389. The van der Waals surface area contributed by atoms with Crippen LogP contribution in [-0.4, -0.2) is 34.2 Å². The second-order valence-corrected chi connectivity index (χ2v) is 6.48. The molecule has 0 saturated heterocycles. The number of ether oxygens (including phenoxy) is 1. The van der Waals surface area contributed by atoms with Gasteiger partial charge in [0.2, 0.25) is 11.8 Å². The van der Waals surface area contributed by atoms with E-state index in [0.717, 1.165) is 24.0 Å². The van der Waals surface area contributed by atoms with Crippen molar-refractivity contribution >= 4 is 11.9 Å². The molecule has 2 N–H and O–H groups in total. The summed E-state index contributed by atoms with van der Waals surface area (Å²) in [6.45, 7) is 2.26. The first-order valence-corrected chi connectivity index (χ1v) is 9.19. The van der Waals surface area contributed by atoms with Gasteiger partial charge in [-0.2, -0.15) is 4.98 Å². The van der Waals surface area contributed by atoms with Crippen molar-refractivity contribution in [3.63, 3.8) is 0 Å². The van der Waals surface area contributed by atoms with Gasteiger partial charge in [0.1, 0.15) is 0 Å². The molecule has 3 aromatic rings. The second-order valence-electron chi connectivity index (χ2n) is 6.48. The Hall–Kier alpha value is -3.41. The number of benzene rings is 2. The molecule has 0 radical (unpaired) electrons. The molecule has 0 bridgehead atoms. The summed E-state index contributed by atoms with van der Waals surface area (Å²) in [6, 6.07) is 19.9.